The summed E-state index contributed by atoms with van der Waals surface area (Å²) in [5, 5.41) is 9.51. The molecule has 0 saturated carbocycles. The van der Waals surface area contributed by atoms with Crippen LogP contribution in [0.25, 0.3) is 11.1 Å². The second-order valence-electron chi connectivity index (χ2n) is 5.16. The van der Waals surface area contributed by atoms with Crippen LogP contribution < -0.4 is 4.90 Å². The van der Waals surface area contributed by atoms with E-state index >= 15 is 0 Å². The standard InChI is InChI=1S/C14H15ClN2O3/c15-10-3-4-11-12(7-10)20-14(16-11)17-5-1-2-9(8-17)6-13(18)19/h3-4,7,9H,1-2,5-6,8H2,(H,18,19)/t9-/m0/s1. The van der Waals surface area contributed by atoms with Gasteiger partial charge in [-0.25, -0.2) is 0 Å². The maximum atomic E-state index is 10.8. The summed E-state index contributed by atoms with van der Waals surface area (Å²) in [6, 6.07) is 5.90. The Morgan fingerprint density at radius 1 is 1.55 bits per heavy atom. The van der Waals surface area contributed by atoms with Crippen molar-refractivity contribution in [3.8, 4) is 0 Å². The SMILES string of the molecule is O=C(O)C[C@@H]1CCCN(c2nc3ccc(Cl)cc3o2)C1. The van der Waals surface area contributed by atoms with E-state index in [1.807, 2.05) is 11.0 Å². The normalized spacial score (nSPS) is 19.4. The van der Waals surface area contributed by atoms with E-state index in [1.54, 1.807) is 12.1 Å². The Kier molecular flexibility index (Phi) is 3.53. The molecule has 20 heavy (non-hydrogen) atoms. The van der Waals surface area contributed by atoms with Gasteiger partial charge in [0, 0.05) is 30.6 Å². The summed E-state index contributed by atoms with van der Waals surface area (Å²) in [6.07, 6.45) is 2.09. The molecule has 1 saturated heterocycles. The van der Waals surface area contributed by atoms with Crippen molar-refractivity contribution in [2.45, 2.75) is 19.3 Å². The molecule has 3 rings (SSSR count). The van der Waals surface area contributed by atoms with E-state index in [2.05, 4.69) is 4.98 Å². The quantitative estimate of drug-likeness (QED) is 0.942. The highest BCUT2D eigenvalue weighted by molar-refractivity contribution is 6.31. The highest BCUT2D eigenvalue weighted by Crippen LogP contribution is 2.28. The number of hydrogen-bond acceptors (Lipinski definition) is 4. The molecule has 0 unspecified atom stereocenters. The monoisotopic (exact) mass is 294 g/mol. The van der Waals surface area contributed by atoms with Gasteiger partial charge in [-0.2, -0.15) is 4.98 Å². The minimum absolute atomic E-state index is 0.153. The van der Waals surface area contributed by atoms with E-state index in [4.69, 9.17) is 21.1 Å². The lowest BCUT2D eigenvalue weighted by Crippen LogP contribution is -2.36. The van der Waals surface area contributed by atoms with Gasteiger partial charge in [0.15, 0.2) is 5.58 Å². The van der Waals surface area contributed by atoms with Crippen molar-refractivity contribution in [1.82, 2.24) is 4.98 Å². The Balaban J connectivity index is 1.81. The van der Waals surface area contributed by atoms with E-state index in [9.17, 15) is 4.79 Å². The molecule has 1 atom stereocenters. The number of aliphatic carboxylic acids is 1. The second-order valence-corrected chi connectivity index (χ2v) is 5.60. The minimum Gasteiger partial charge on any atom is -0.481 e. The lowest BCUT2D eigenvalue weighted by molar-refractivity contribution is -0.138. The van der Waals surface area contributed by atoms with Crippen molar-refractivity contribution in [2.24, 2.45) is 5.92 Å². The molecule has 0 radical (unpaired) electrons. The average molecular weight is 295 g/mol. The molecule has 1 aromatic heterocycles. The highest BCUT2D eigenvalue weighted by Gasteiger charge is 2.25. The number of benzene rings is 1. The van der Waals surface area contributed by atoms with Crippen LogP contribution in [-0.4, -0.2) is 29.1 Å². The first-order valence-electron chi connectivity index (χ1n) is 6.64. The number of anilines is 1. The maximum absolute atomic E-state index is 10.8. The number of halogens is 1. The topological polar surface area (TPSA) is 66.6 Å². The van der Waals surface area contributed by atoms with Gasteiger partial charge in [0.25, 0.3) is 6.01 Å². The van der Waals surface area contributed by atoms with Crippen molar-refractivity contribution in [2.75, 3.05) is 18.0 Å². The number of hydrogen-bond donors (Lipinski definition) is 1. The number of fused-ring (bicyclic) bond motifs is 1. The third-order valence-electron chi connectivity index (χ3n) is 3.59. The number of carboxylic acids is 1. The van der Waals surface area contributed by atoms with Gasteiger partial charge in [-0.15, -0.1) is 0 Å². The van der Waals surface area contributed by atoms with Crippen molar-refractivity contribution in [3.05, 3.63) is 23.2 Å². The van der Waals surface area contributed by atoms with Crippen molar-refractivity contribution >= 4 is 34.7 Å². The Labute approximate surface area is 121 Å². The molecule has 5 nitrogen and oxygen atoms in total. The number of nitrogens with zero attached hydrogens (tertiary/aromatic N) is 2. The largest absolute Gasteiger partial charge is 0.481 e. The third-order valence-corrected chi connectivity index (χ3v) is 3.83. The summed E-state index contributed by atoms with van der Waals surface area (Å²) in [5.41, 5.74) is 1.43. The van der Waals surface area contributed by atoms with Crippen LogP contribution in [0.5, 0.6) is 0 Å². The van der Waals surface area contributed by atoms with Crippen LogP contribution in [0.4, 0.5) is 6.01 Å². The van der Waals surface area contributed by atoms with E-state index in [0.717, 1.165) is 24.9 Å². The van der Waals surface area contributed by atoms with E-state index in [0.29, 0.717) is 23.2 Å². The molecule has 1 fully saturated rings. The van der Waals surface area contributed by atoms with E-state index < -0.39 is 5.97 Å². The van der Waals surface area contributed by atoms with Gasteiger partial charge < -0.3 is 14.4 Å². The fourth-order valence-electron chi connectivity index (χ4n) is 2.67. The fourth-order valence-corrected chi connectivity index (χ4v) is 2.84. The number of rotatable bonds is 3. The summed E-state index contributed by atoms with van der Waals surface area (Å²) in [6.45, 7) is 1.52. The van der Waals surface area contributed by atoms with Gasteiger partial charge in [0.2, 0.25) is 0 Å². The molecule has 0 bridgehead atoms. The van der Waals surface area contributed by atoms with Crippen LogP contribution in [0, 0.1) is 5.92 Å². The number of oxazole rings is 1. The number of carbonyl (C=O) groups is 1. The van der Waals surface area contributed by atoms with Crippen LogP contribution in [0.2, 0.25) is 5.02 Å². The molecule has 1 aromatic carbocycles. The first kappa shape index (κ1) is 13.2. The zero-order valence-corrected chi connectivity index (χ0v) is 11.6. The maximum Gasteiger partial charge on any atom is 0.303 e. The van der Waals surface area contributed by atoms with Crippen LogP contribution in [0.1, 0.15) is 19.3 Å². The predicted octanol–water partition coefficient (Wildman–Crippen LogP) is 3.17. The third kappa shape index (κ3) is 2.72. The molecule has 0 aliphatic carbocycles. The van der Waals surface area contributed by atoms with Gasteiger partial charge >= 0.3 is 5.97 Å². The van der Waals surface area contributed by atoms with Crippen molar-refractivity contribution in [1.29, 1.82) is 0 Å². The molecule has 6 heteroatoms. The molecule has 2 heterocycles. The summed E-state index contributed by atoms with van der Waals surface area (Å²) in [4.78, 5) is 17.3. The summed E-state index contributed by atoms with van der Waals surface area (Å²) in [5.74, 6) is -0.596. The molecule has 1 aliphatic heterocycles. The average Bonchev–Trinajstić information content (AvgIpc) is 2.81. The minimum atomic E-state index is -0.749. The summed E-state index contributed by atoms with van der Waals surface area (Å²) in [7, 11) is 0. The van der Waals surface area contributed by atoms with E-state index in [-0.39, 0.29) is 12.3 Å². The molecular weight excluding hydrogens is 280 g/mol. The molecular formula is C14H15ClN2O3. The van der Waals surface area contributed by atoms with Crippen LogP contribution >= 0.6 is 11.6 Å². The predicted molar refractivity (Wildman–Crippen MR) is 76.2 cm³/mol. The number of piperidine rings is 1. The fraction of sp³-hybridized carbons (Fsp3) is 0.429. The number of aromatic nitrogens is 1. The first-order valence-corrected chi connectivity index (χ1v) is 7.02. The Morgan fingerprint density at radius 2 is 2.40 bits per heavy atom. The molecule has 0 amide bonds. The van der Waals surface area contributed by atoms with Crippen molar-refractivity contribution < 1.29 is 14.3 Å². The van der Waals surface area contributed by atoms with Crippen molar-refractivity contribution in [3.63, 3.8) is 0 Å². The highest BCUT2D eigenvalue weighted by atomic mass is 35.5. The van der Waals surface area contributed by atoms with Gasteiger partial charge in [-0.05, 0) is 30.9 Å². The Bertz CT molecular complexity index is 640. The zero-order chi connectivity index (χ0) is 14.1. The summed E-state index contributed by atoms with van der Waals surface area (Å²) >= 11 is 5.93. The van der Waals surface area contributed by atoms with Crippen LogP contribution in [0.15, 0.2) is 22.6 Å². The Morgan fingerprint density at radius 3 is 3.20 bits per heavy atom. The van der Waals surface area contributed by atoms with Gasteiger partial charge in [0.05, 0.1) is 0 Å². The van der Waals surface area contributed by atoms with Crippen LogP contribution in [-0.2, 0) is 4.79 Å². The van der Waals surface area contributed by atoms with E-state index in [1.165, 1.54) is 0 Å². The van der Waals surface area contributed by atoms with Gasteiger partial charge in [-0.3, -0.25) is 4.79 Å². The molecule has 1 N–H and O–H groups in total. The lowest BCUT2D eigenvalue weighted by atomic mass is 9.95. The van der Waals surface area contributed by atoms with Gasteiger partial charge in [-0.1, -0.05) is 11.6 Å². The summed E-state index contributed by atoms with van der Waals surface area (Å²) < 4.78 is 5.72. The molecule has 1 aliphatic rings. The van der Waals surface area contributed by atoms with Crippen LogP contribution in [0.3, 0.4) is 0 Å². The van der Waals surface area contributed by atoms with Gasteiger partial charge in [0.1, 0.15) is 5.52 Å². The molecule has 106 valence electrons. The number of carboxylic acid groups (broad SMARTS) is 1. The second kappa shape index (κ2) is 5.32. The Hall–Kier alpha value is -1.75. The lowest BCUT2D eigenvalue weighted by Gasteiger charge is -2.30. The zero-order valence-electron chi connectivity index (χ0n) is 10.9. The molecule has 0 spiro atoms. The molecule has 2 aromatic rings. The first-order chi connectivity index (χ1) is 9.61. The smallest absolute Gasteiger partial charge is 0.303 e.